The van der Waals surface area contributed by atoms with E-state index in [4.69, 9.17) is 10.8 Å². The van der Waals surface area contributed by atoms with Crippen LogP contribution in [0.15, 0.2) is 0 Å². The monoisotopic (exact) mass is 441 g/mol. The third-order valence-electron chi connectivity index (χ3n) is 4.98. The van der Waals surface area contributed by atoms with Crippen molar-refractivity contribution in [2.24, 2.45) is 17.6 Å². The highest BCUT2D eigenvalue weighted by atomic mass is 16.4. The number of nitrogens with zero attached hydrogens (tertiary/aromatic N) is 1. The van der Waals surface area contributed by atoms with Gasteiger partial charge in [0.2, 0.25) is 23.6 Å². The second-order valence-electron chi connectivity index (χ2n) is 8.54. The van der Waals surface area contributed by atoms with Crippen molar-refractivity contribution in [1.82, 2.24) is 20.9 Å². The largest absolute Gasteiger partial charge is 0.480 e. The zero-order valence-electron chi connectivity index (χ0n) is 18.6. The van der Waals surface area contributed by atoms with Crippen molar-refractivity contribution in [3.63, 3.8) is 0 Å². The normalized spacial score (nSPS) is 17.9. The molecule has 0 unspecified atom stereocenters. The van der Waals surface area contributed by atoms with Gasteiger partial charge in [-0.25, -0.2) is 0 Å². The van der Waals surface area contributed by atoms with Gasteiger partial charge in [-0.3, -0.25) is 24.0 Å². The maximum atomic E-state index is 12.6. The fourth-order valence-electron chi connectivity index (χ4n) is 3.44. The third-order valence-corrected chi connectivity index (χ3v) is 4.98. The summed E-state index contributed by atoms with van der Waals surface area (Å²) >= 11 is 0. The number of carbonyl (C=O) groups excluding carboxylic acids is 4. The summed E-state index contributed by atoms with van der Waals surface area (Å²) < 4.78 is 0. The molecule has 0 aromatic rings. The van der Waals surface area contributed by atoms with E-state index in [2.05, 4.69) is 16.0 Å². The lowest BCUT2D eigenvalue weighted by molar-refractivity contribution is -0.140. The van der Waals surface area contributed by atoms with Gasteiger partial charge in [-0.1, -0.05) is 27.7 Å². The standard InChI is InChI=1S/C20H35N5O6/c1-11(2)8-13(21)20(31)25-7-5-6-14(25)18(29)22-9-15(26)24-17(12(3)4)19(30)23-10-16(27)28/h11-14,17H,5-10,21H2,1-4H3,(H,22,29)(H,23,30)(H,24,26)(H,27,28)/t13-,14-,17-/m0/s1. The van der Waals surface area contributed by atoms with E-state index in [9.17, 15) is 24.0 Å². The number of nitrogens with two attached hydrogens (primary N) is 1. The Labute approximate surface area is 182 Å². The number of amides is 4. The minimum absolute atomic E-state index is 0.249. The summed E-state index contributed by atoms with van der Waals surface area (Å²) in [5, 5.41) is 15.9. The zero-order chi connectivity index (χ0) is 23.7. The van der Waals surface area contributed by atoms with Gasteiger partial charge in [0.1, 0.15) is 18.6 Å². The molecule has 11 nitrogen and oxygen atoms in total. The summed E-state index contributed by atoms with van der Waals surface area (Å²) in [6.07, 6.45) is 1.68. The molecule has 31 heavy (non-hydrogen) atoms. The van der Waals surface area contributed by atoms with Crippen molar-refractivity contribution in [3.05, 3.63) is 0 Å². The summed E-state index contributed by atoms with van der Waals surface area (Å²) in [6, 6.07) is -2.30. The first kappa shape index (κ1) is 26.3. The first-order valence-corrected chi connectivity index (χ1v) is 10.6. The number of hydrogen-bond donors (Lipinski definition) is 5. The SMILES string of the molecule is CC(C)C[C@H](N)C(=O)N1CCC[C@H]1C(=O)NCC(=O)N[C@H](C(=O)NCC(=O)O)C(C)C. The highest BCUT2D eigenvalue weighted by Gasteiger charge is 2.36. The van der Waals surface area contributed by atoms with E-state index in [0.29, 0.717) is 25.8 Å². The van der Waals surface area contributed by atoms with Crippen molar-refractivity contribution in [2.75, 3.05) is 19.6 Å². The van der Waals surface area contributed by atoms with Crippen LogP contribution in [-0.2, 0) is 24.0 Å². The molecule has 176 valence electrons. The molecule has 0 spiro atoms. The Morgan fingerprint density at radius 2 is 1.71 bits per heavy atom. The number of nitrogens with one attached hydrogen (secondary N) is 3. The van der Waals surface area contributed by atoms with E-state index < -0.39 is 48.4 Å². The van der Waals surface area contributed by atoms with Crippen molar-refractivity contribution in [1.29, 1.82) is 0 Å². The Hall–Kier alpha value is -2.69. The van der Waals surface area contributed by atoms with E-state index in [-0.39, 0.29) is 24.3 Å². The Bertz CT molecular complexity index is 681. The van der Waals surface area contributed by atoms with Crippen LogP contribution in [0.3, 0.4) is 0 Å². The first-order valence-electron chi connectivity index (χ1n) is 10.6. The summed E-state index contributed by atoms with van der Waals surface area (Å²) in [6.45, 7) is 6.84. The van der Waals surface area contributed by atoms with Gasteiger partial charge >= 0.3 is 5.97 Å². The number of aliphatic carboxylic acids is 1. The number of hydrogen-bond acceptors (Lipinski definition) is 6. The summed E-state index contributed by atoms with van der Waals surface area (Å²) in [4.78, 5) is 61.6. The van der Waals surface area contributed by atoms with Gasteiger partial charge in [0.05, 0.1) is 12.6 Å². The minimum Gasteiger partial charge on any atom is -0.480 e. The predicted molar refractivity (Wildman–Crippen MR) is 113 cm³/mol. The quantitative estimate of drug-likeness (QED) is 0.268. The second-order valence-corrected chi connectivity index (χ2v) is 8.54. The molecule has 0 aromatic carbocycles. The Kier molecular flexibility index (Phi) is 10.4. The summed E-state index contributed by atoms with van der Waals surface area (Å²) in [5.74, 6) is -3.18. The molecule has 11 heteroatoms. The van der Waals surface area contributed by atoms with Gasteiger partial charge in [0, 0.05) is 6.54 Å². The number of likely N-dealkylation sites (tertiary alicyclic amines) is 1. The van der Waals surface area contributed by atoms with Gasteiger partial charge < -0.3 is 31.7 Å². The maximum absolute atomic E-state index is 12.6. The smallest absolute Gasteiger partial charge is 0.322 e. The molecule has 1 saturated heterocycles. The topological polar surface area (TPSA) is 171 Å². The molecule has 1 aliphatic rings. The minimum atomic E-state index is -1.20. The molecule has 1 aliphatic heterocycles. The molecule has 0 radical (unpaired) electrons. The molecule has 1 fully saturated rings. The molecule has 0 saturated carbocycles. The van der Waals surface area contributed by atoms with Crippen LogP contribution in [0.25, 0.3) is 0 Å². The summed E-state index contributed by atoms with van der Waals surface area (Å²) in [5.41, 5.74) is 5.98. The van der Waals surface area contributed by atoms with Gasteiger partial charge in [-0.15, -0.1) is 0 Å². The van der Waals surface area contributed by atoms with Crippen LogP contribution < -0.4 is 21.7 Å². The highest BCUT2D eigenvalue weighted by molar-refractivity contribution is 5.94. The van der Waals surface area contributed by atoms with E-state index in [0.717, 1.165) is 0 Å². The Morgan fingerprint density at radius 1 is 1.06 bits per heavy atom. The van der Waals surface area contributed by atoms with Crippen LogP contribution in [0.5, 0.6) is 0 Å². The van der Waals surface area contributed by atoms with E-state index >= 15 is 0 Å². The molecule has 0 bridgehead atoms. The van der Waals surface area contributed by atoms with E-state index in [1.165, 1.54) is 4.90 Å². The van der Waals surface area contributed by atoms with E-state index in [1.54, 1.807) is 13.8 Å². The van der Waals surface area contributed by atoms with Crippen molar-refractivity contribution >= 4 is 29.6 Å². The van der Waals surface area contributed by atoms with Crippen molar-refractivity contribution in [2.45, 2.75) is 65.1 Å². The van der Waals surface area contributed by atoms with Gasteiger partial charge in [-0.2, -0.15) is 0 Å². The van der Waals surface area contributed by atoms with Crippen LogP contribution in [-0.4, -0.2) is 77.4 Å². The van der Waals surface area contributed by atoms with Crippen LogP contribution in [0.1, 0.15) is 47.0 Å². The third kappa shape index (κ3) is 8.52. The number of carboxylic acid groups (broad SMARTS) is 1. The van der Waals surface area contributed by atoms with Crippen LogP contribution >= 0.6 is 0 Å². The molecule has 1 rings (SSSR count). The molecule has 0 aliphatic carbocycles. The Morgan fingerprint density at radius 3 is 2.26 bits per heavy atom. The molecule has 3 atom stereocenters. The Balaban J connectivity index is 2.61. The molecule has 0 aromatic heterocycles. The lowest BCUT2D eigenvalue weighted by Crippen LogP contribution is -2.54. The van der Waals surface area contributed by atoms with Crippen LogP contribution in [0.4, 0.5) is 0 Å². The maximum Gasteiger partial charge on any atom is 0.322 e. The average Bonchev–Trinajstić information content (AvgIpc) is 3.16. The molecular formula is C20H35N5O6. The van der Waals surface area contributed by atoms with Crippen LogP contribution in [0, 0.1) is 11.8 Å². The number of rotatable bonds is 11. The van der Waals surface area contributed by atoms with Crippen molar-refractivity contribution in [3.8, 4) is 0 Å². The second kappa shape index (κ2) is 12.2. The van der Waals surface area contributed by atoms with Crippen LogP contribution in [0.2, 0.25) is 0 Å². The molecule has 4 amide bonds. The fourth-order valence-corrected chi connectivity index (χ4v) is 3.44. The lowest BCUT2D eigenvalue weighted by atomic mass is 10.0. The number of carbonyl (C=O) groups is 5. The predicted octanol–water partition coefficient (Wildman–Crippen LogP) is -1.19. The zero-order valence-corrected chi connectivity index (χ0v) is 18.6. The van der Waals surface area contributed by atoms with E-state index in [1.807, 2.05) is 13.8 Å². The average molecular weight is 442 g/mol. The lowest BCUT2D eigenvalue weighted by Gasteiger charge is -2.27. The number of carboxylic acids is 1. The van der Waals surface area contributed by atoms with Gasteiger partial charge in [-0.05, 0) is 31.1 Å². The van der Waals surface area contributed by atoms with Crippen molar-refractivity contribution < 1.29 is 29.1 Å². The van der Waals surface area contributed by atoms with Gasteiger partial charge in [0.25, 0.3) is 0 Å². The molecule has 1 heterocycles. The first-order chi connectivity index (χ1) is 14.4. The fraction of sp³-hybridized carbons (Fsp3) is 0.750. The highest BCUT2D eigenvalue weighted by Crippen LogP contribution is 2.19. The summed E-state index contributed by atoms with van der Waals surface area (Å²) in [7, 11) is 0. The molecular weight excluding hydrogens is 406 g/mol. The molecule has 6 N–H and O–H groups in total. The van der Waals surface area contributed by atoms with Gasteiger partial charge in [0.15, 0.2) is 0 Å².